The number of nitrogens with one attached hydrogen (secondary N) is 1. The van der Waals surface area contributed by atoms with Crippen LogP contribution in [0.4, 0.5) is 4.39 Å². The van der Waals surface area contributed by atoms with Crippen molar-refractivity contribution in [2.24, 2.45) is 5.92 Å². The molecular formula is C17H22ClFN4O. The summed E-state index contributed by atoms with van der Waals surface area (Å²) in [5.74, 6) is 0.316. The first kappa shape index (κ1) is 18.4. The van der Waals surface area contributed by atoms with E-state index in [1.807, 2.05) is 11.9 Å². The van der Waals surface area contributed by atoms with Crippen LogP contribution in [-0.2, 0) is 0 Å². The van der Waals surface area contributed by atoms with Crippen molar-refractivity contribution in [3.05, 3.63) is 48.0 Å². The van der Waals surface area contributed by atoms with Crippen LogP contribution in [0, 0.1) is 11.7 Å². The van der Waals surface area contributed by atoms with Crippen molar-refractivity contribution in [2.75, 3.05) is 26.7 Å². The number of carbonyl (C=O) groups is 1. The van der Waals surface area contributed by atoms with Gasteiger partial charge in [0.25, 0.3) is 5.91 Å². The lowest BCUT2D eigenvalue weighted by atomic mass is 9.97. The normalized spacial score (nSPS) is 15.2. The third kappa shape index (κ3) is 4.13. The number of carbonyl (C=O) groups excluding carboxylic acids is 1. The lowest BCUT2D eigenvalue weighted by Gasteiger charge is -2.31. The highest BCUT2D eigenvalue weighted by Gasteiger charge is 2.24. The molecule has 0 unspecified atom stereocenters. The molecule has 24 heavy (non-hydrogen) atoms. The maximum atomic E-state index is 13.0. The van der Waals surface area contributed by atoms with Crippen molar-refractivity contribution < 1.29 is 9.18 Å². The van der Waals surface area contributed by atoms with E-state index in [2.05, 4.69) is 10.4 Å². The third-order valence-electron chi connectivity index (χ3n) is 4.29. The Bertz CT molecular complexity index is 665. The number of rotatable bonds is 4. The summed E-state index contributed by atoms with van der Waals surface area (Å²) >= 11 is 0. The van der Waals surface area contributed by atoms with Crippen LogP contribution in [0.5, 0.6) is 0 Å². The first-order valence-corrected chi connectivity index (χ1v) is 7.93. The second kappa shape index (κ2) is 8.26. The van der Waals surface area contributed by atoms with Gasteiger partial charge in [-0.15, -0.1) is 12.4 Å². The number of hydrogen-bond donors (Lipinski definition) is 1. The van der Waals surface area contributed by atoms with Gasteiger partial charge in [-0.1, -0.05) is 0 Å². The van der Waals surface area contributed by atoms with Crippen LogP contribution in [0.25, 0.3) is 5.69 Å². The van der Waals surface area contributed by atoms with Gasteiger partial charge in [0.05, 0.1) is 5.69 Å². The number of benzene rings is 1. The van der Waals surface area contributed by atoms with E-state index >= 15 is 0 Å². The largest absolute Gasteiger partial charge is 0.337 e. The summed E-state index contributed by atoms with van der Waals surface area (Å²) in [6.45, 7) is 2.55. The second-order valence-electron chi connectivity index (χ2n) is 5.92. The van der Waals surface area contributed by atoms with Crippen molar-refractivity contribution in [2.45, 2.75) is 12.8 Å². The summed E-state index contributed by atoms with van der Waals surface area (Å²) in [5, 5.41) is 7.52. The lowest BCUT2D eigenvalue weighted by molar-refractivity contribution is 0.0684. The molecular weight excluding hydrogens is 331 g/mol. The maximum absolute atomic E-state index is 13.0. The van der Waals surface area contributed by atoms with Crippen molar-refractivity contribution in [3.63, 3.8) is 0 Å². The summed E-state index contributed by atoms with van der Waals surface area (Å²) < 4.78 is 14.6. The number of amides is 1. The number of halogens is 2. The van der Waals surface area contributed by atoms with Crippen LogP contribution < -0.4 is 5.32 Å². The Labute approximate surface area is 147 Å². The molecule has 0 saturated carbocycles. The number of hydrogen-bond acceptors (Lipinski definition) is 3. The molecule has 1 saturated heterocycles. The molecule has 5 nitrogen and oxygen atoms in total. The second-order valence-corrected chi connectivity index (χ2v) is 5.92. The van der Waals surface area contributed by atoms with E-state index in [0.717, 1.165) is 38.2 Å². The monoisotopic (exact) mass is 352 g/mol. The van der Waals surface area contributed by atoms with E-state index < -0.39 is 0 Å². The fourth-order valence-corrected chi connectivity index (χ4v) is 2.97. The number of likely N-dealkylation sites (tertiary alicyclic amines) is 1. The zero-order chi connectivity index (χ0) is 16.2. The molecule has 0 atom stereocenters. The highest BCUT2D eigenvalue weighted by molar-refractivity contribution is 5.92. The molecule has 0 aliphatic carbocycles. The Balaban J connectivity index is 0.00000208. The molecule has 0 spiro atoms. The third-order valence-corrected chi connectivity index (χ3v) is 4.29. The Morgan fingerprint density at radius 3 is 2.54 bits per heavy atom. The Morgan fingerprint density at radius 1 is 1.25 bits per heavy atom. The highest BCUT2D eigenvalue weighted by atomic mass is 35.5. The topological polar surface area (TPSA) is 50.2 Å². The molecule has 1 aliphatic heterocycles. The minimum atomic E-state index is -0.290. The van der Waals surface area contributed by atoms with Crippen molar-refractivity contribution in [1.82, 2.24) is 20.0 Å². The van der Waals surface area contributed by atoms with E-state index in [1.165, 1.54) is 12.1 Å². The Kier molecular flexibility index (Phi) is 6.34. The van der Waals surface area contributed by atoms with Gasteiger partial charge in [0, 0.05) is 19.3 Å². The fourth-order valence-electron chi connectivity index (χ4n) is 2.97. The molecule has 130 valence electrons. The van der Waals surface area contributed by atoms with Crippen LogP contribution in [0.3, 0.4) is 0 Å². The summed E-state index contributed by atoms with van der Waals surface area (Å²) in [6, 6.07) is 7.75. The standard InChI is InChI=1S/C17H21FN4O.ClH/c1-19-12-13-6-9-21(10-7-13)17(23)16-8-11-22(20-16)15-4-2-14(18)3-5-15;/h2-5,8,11,13,19H,6-7,9-10,12H2,1H3;1H. The Morgan fingerprint density at radius 2 is 1.92 bits per heavy atom. The molecule has 0 radical (unpaired) electrons. The average molecular weight is 353 g/mol. The van der Waals surface area contributed by atoms with Crippen LogP contribution in [0.15, 0.2) is 36.5 Å². The van der Waals surface area contributed by atoms with Gasteiger partial charge in [0.15, 0.2) is 5.69 Å². The van der Waals surface area contributed by atoms with Crippen LogP contribution in [0.2, 0.25) is 0 Å². The predicted octanol–water partition coefficient (Wildman–Crippen LogP) is 2.50. The van der Waals surface area contributed by atoms with Crippen LogP contribution in [0.1, 0.15) is 23.3 Å². The van der Waals surface area contributed by atoms with E-state index in [9.17, 15) is 9.18 Å². The smallest absolute Gasteiger partial charge is 0.274 e. The van der Waals surface area contributed by atoms with Gasteiger partial charge in [-0.05, 0) is 62.7 Å². The van der Waals surface area contributed by atoms with E-state index in [0.29, 0.717) is 11.6 Å². The summed E-state index contributed by atoms with van der Waals surface area (Å²) in [5.41, 5.74) is 1.17. The quantitative estimate of drug-likeness (QED) is 0.919. The molecule has 1 aromatic heterocycles. The SMILES string of the molecule is CNCC1CCN(C(=O)c2ccn(-c3ccc(F)cc3)n2)CC1.Cl. The molecule has 1 amide bonds. The van der Waals surface area contributed by atoms with Crippen molar-refractivity contribution in [1.29, 1.82) is 0 Å². The molecule has 1 N–H and O–H groups in total. The van der Waals surface area contributed by atoms with Crippen LogP contribution >= 0.6 is 12.4 Å². The van der Waals surface area contributed by atoms with E-state index in [-0.39, 0.29) is 24.1 Å². The van der Waals surface area contributed by atoms with Crippen LogP contribution in [-0.4, -0.2) is 47.3 Å². The summed E-state index contributed by atoms with van der Waals surface area (Å²) in [4.78, 5) is 14.4. The predicted molar refractivity (Wildman–Crippen MR) is 93.3 cm³/mol. The molecule has 2 aromatic rings. The van der Waals surface area contributed by atoms with E-state index in [1.54, 1.807) is 29.1 Å². The van der Waals surface area contributed by atoms with Gasteiger partial charge in [0.1, 0.15) is 5.82 Å². The van der Waals surface area contributed by atoms with Gasteiger partial charge in [-0.25, -0.2) is 9.07 Å². The molecule has 1 fully saturated rings. The van der Waals surface area contributed by atoms with Crippen molar-refractivity contribution in [3.8, 4) is 5.69 Å². The lowest BCUT2D eigenvalue weighted by Crippen LogP contribution is -2.40. The summed E-state index contributed by atoms with van der Waals surface area (Å²) in [6.07, 6.45) is 3.77. The van der Waals surface area contributed by atoms with Gasteiger partial charge < -0.3 is 10.2 Å². The minimum absolute atomic E-state index is 0. The van der Waals surface area contributed by atoms with Gasteiger partial charge in [-0.2, -0.15) is 5.10 Å². The number of nitrogens with zero attached hydrogens (tertiary/aromatic N) is 3. The summed E-state index contributed by atoms with van der Waals surface area (Å²) in [7, 11) is 1.96. The average Bonchev–Trinajstić information content (AvgIpc) is 3.06. The van der Waals surface area contributed by atoms with Gasteiger partial charge in [-0.3, -0.25) is 4.79 Å². The first-order valence-electron chi connectivity index (χ1n) is 7.93. The molecule has 7 heteroatoms. The molecule has 1 aromatic carbocycles. The molecule has 1 aliphatic rings. The van der Waals surface area contributed by atoms with Gasteiger partial charge >= 0.3 is 0 Å². The molecule has 3 rings (SSSR count). The maximum Gasteiger partial charge on any atom is 0.274 e. The molecule has 2 heterocycles. The Hall–Kier alpha value is -1.92. The highest BCUT2D eigenvalue weighted by Crippen LogP contribution is 2.18. The first-order chi connectivity index (χ1) is 11.2. The molecule has 0 bridgehead atoms. The minimum Gasteiger partial charge on any atom is -0.337 e. The van der Waals surface area contributed by atoms with Gasteiger partial charge in [0.2, 0.25) is 0 Å². The van der Waals surface area contributed by atoms with E-state index in [4.69, 9.17) is 0 Å². The van der Waals surface area contributed by atoms with Crippen molar-refractivity contribution >= 4 is 18.3 Å². The number of aromatic nitrogens is 2. The number of piperidine rings is 1. The zero-order valence-corrected chi connectivity index (χ0v) is 14.4. The zero-order valence-electron chi connectivity index (χ0n) is 13.6. The fraction of sp³-hybridized carbons (Fsp3) is 0.412.